The number of benzene rings is 2. The highest BCUT2D eigenvalue weighted by molar-refractivity contribution is 6.43. The first kappa shape index (κ1) is 17.7. The fraction of sp³-hybridized carbons (Fsp3) is 0.333. The van der Waals surface area contributed by atoms with Gasteiger partial charge in [0.1, 0.15) is 0 Å². The fourth-order valence-electron chi connectivity index (χ4n) is 2.58. The van der Waals surface area contributed by atoms with Crippen molar-refractivity contribution in [2.75, 3.05) is 26.3 Å². The summed E-state index contributed by atoms with van der Waals surface area (Å²) in [5.74, 6) is 0.0952. The van der Waals surface area contributed by atoms with Crippen LogP contribution >= 0.6 is 0 Å². The van der Waals surface area contributed by atoms with Crippen molar-refractivity contribution in [2.45, 2.75) is 12.2 Å². The van der Waals surface area contributed by atoms with Crippen molar-refractivity contribution in [1.29, 1.82) is 0 Å². The van der Waals surface area contributed by atoms with Gasteiger partial charge in [0, 0.05) is 25.6 Å². The second-order valence-electron chi connectivity index (χ2n) is 5.41. The molecule has 2 aromatic rings. The summed E-state index contributed by atoms with van der Waals surface area (Å²) in [7, 11) is -0.823. The molecule has 0 amide bonds. The van der Waals surface area contributed by atoms with Gasteiger partial charge in [-0.2, -0.15) is 0 Å². The fourth-order valence-corrected chi connectivity index (χ4v) is 2.58. The molecule has 0 radical (unpaired) electrons. The van der Waals surface area contributed by atoms with Crippen LogP contribution in [-0.4, -0.2) is 43.6 Å². The van der Waals surface area contributed by atoms with Crippen LogP contribution in [0, 0.1) is 0 Å². The van der Waals surface area contributed by atoms with Gasteiger partial charge in [-0.1, -0.05) is 60.7 Å². The van der Waals surface area contributed by atoms with Gasteiger partial charge in [0.2, 0.25) is 0 Å². The summed E-state index contributed by atoms with van der Waals surface area (Å²) in [4.78, 5) is 0. The van der Waals surface area contributed by atoms with Crippen molar-refractivity contribution >= 4 is 7.12 Å². The van der Waals surface area contributed by atoms with E-state index in [4.69, 9.17) is 9.76 Å². The lowest BCUT2D eigenvalue weighted by Crippen LogP contribution is -2.28. The van der Waals surface area contributed by atoms with Crippen LogP contribution in [0.25, 0.3) is 0 Å². The highest BCUT2D eigenvalue weighted by Gasteiger charge is 2.23. The highest BCUT2D eigenvalue weighted by Crippen LogP contribution is 2.29. The van der Waals surface area contributed by atoms with Gasteiger partial charge in [-0.25, -0.2) is 0 Å². The van der Waals surface area contributed by atoms with Crippen LogP contribution in [0.2, 0.25) is 6.32 Å². The molecule has 0 unspecified atom stereocenters. The number of aliphatic hydroxyl groups is 1. The summed E-state index contributed by atoms with van der Waals surface area (Å²) in [6.07, 6.45) is 0.508. The predicted molar refractivity (Wildman–Crippen MR) is 93.4 cm³/mol. The van der Waals surface area contributed by atoms with Crippen LogP contribution in [-0.2, 0) is 4.65 Å². The second-order valence-corrected chi connectivity index (χ2v) is 5.41. The van der Waals surface area contributed by atoms with E-state index >= 15 is 0 Å². The number of aliphatic hydroxyl groups excluding tert-OH is 1. The number of nitrogens with one attached hydrogen (secondary N) is 1. The maximum Gasteiger partial charge on any atom is 0.455 e. The molecule has 0 aliphatic carbocycles. The quantitative estimate of drug-likeness (QED) is 0.463. The van der Waals surface area contributed by atoms with Crippen LogP contribution in [0.1, 0.15) is 17.0 Å². The van der Waals surface area contributed by atoms with Crippen LogP contribution < -0.4 is 5.32 Å². The molecular formula is C18H24BNO3. The van der Waals surface area contributed by atoms with Crippen molar-refractivity contribution in [3.63, 3.8) is 0 Å². The van der Waals surface area contributed by atoms with Crippen molar-refractivity contribution in [3.05, 3.63) is 71.8 Å². The molecule has 122 valence electrons. The molecule has 4 nitrogen and oxygen atoms in total. The SMILES string of the molecule is OCCNCCOB(O)CC(c1ccccc1)c1ccccc1. The molecule has 5 heteroatoms. The lowest BCUT2D eigenvalue weighted by atomic mass is 9.72. The minimum absolute atomic E-state index is 0.0952. The van der Waals surface area contributed by atoms with E-state index in [1.165, 1.54) is 11.1 Å². The Hall–Kier alpha value is -1.66. The monoisotopic (exact) mass is 313 g/mol. The Balaban J connectivity index is 1.96. The average molecular weight is 313 g/mol. The summed E-state index contributed by atoms with van der Waals surface area (Å²) in [5.41, 5.74) is 2.33. The van der Waals surface area contributed by atoms with E-state index in [-0.39, 0.29) is 12.5 Å². The predicted octanol–water partition coefficient (Wildman–Crippen LogP) is 1.90. The molecule has 2 rings (SSSR count). The summed E-state index contributed by atoms with van der Waals surface area (Å²) < 4.78 is 5.47. The lowest BCUT2D eigenvalue weighted by molar-refractivity contribution is 0.247. The standard InChI is InChI=1S/C18H24BNO3/c21-13-11-20-12-14-23-19(22)15-18(16-7-3-1-4-8-16)17-9-5-2-6-10-17/h1-10,18,20-22H,11-15H2. The zero-order chi connectivity index (χ0) is 16.3. The van der Waals surface area contributed by atoms with E-state index in [1.807, 2.05) is 36.4 Å². The third-order valence-corrected chi connectivity index (χ3v) is 3.72. The molecule has 0 aliphatic heterocycles. The van der Waals surface area contributed by atoms with Crippen LogP contribution in [0.5, 0.6) is 0 Å². The largest absolute Gasteiger partial charge is 0.455 e. The Morgan fingerprint density at radius 1 is 0.913 bits per heavy atom. The molecular weight excluding hydrogens is 289 g/mol. The van der Waals surface area contributed by atoms with Gasteiger partial charge < -0.3 is 20.1 Å². The average Bonchev–Trinajstić information content (AvgIpc) is 2.61. The van der Waals surface area contributed by atoms with Gasteiger partial charge in [0.25, 0.3) is 0 Å². The first-order chi connectivity index (χ1) is 11.3. The molecule has 2 aromatic carbocycles. The van der Waals surface area contributed by atoms with Gasteiger partial charge in [-0.3, -0.25) is 0 Å². The van der Waals surface area contributed by atoms with E-state index < -0.39 is 7.12 Å². The van der Waals surface area contributed by atoms with Crippen LogP contribution in [0.15, 0.2) is 60.7 Å². The summed E-state index contributed by atoms with van der Waals surface area (Å²) in [6.45, 7) is 1.67. The minimum Gasteiger partial charge on any atom is -0.427 e. The topological polar surface area (TPSA) is 61.7 Å². The maximum absolute atomic E-state index is 10.2. The molecule has 0 saturated carbocycles. The number of hydrogen-bond donors (Lipinski definition) is 3. The number of hydrogen-bond acceptors (Lipinski definition) is 4. The molecule has 0 heterocycles. The minimum atomic E-state index is -0.823. The lowest BCUT2D eigenvalue weighted by Gasteiger charge is -2.19. The smallest absolute Gasteiger partial charge is 0.427 e. The number of rotatable bonds is 10. The highest BCUT2D eigenvalue weighted by atomic mass is 16.5. The second kappa shape index (κ2) is 10.2. The molecule has 3 N–H and O–H groups in total. The summed E-state index contributed by atoms with van der Waals surface area (Å²) in [5, 5.41) is 21.9. The molecule has 0 atom stereocenters. The van der Waals surface area contributed by atoms with E-state index in [0.29, 0.717) is 26.0 Å². The van der Waals surface area contributed by atoms with E-state index in [1.54, 1.807) is 0 Å². The van der Waals surface area contributed by atoms with Crippen molar-refractivity contribution < 1.29 is 14.8 Å². The Morgan fingerprint density at radius 2 is 1.48 bits per heavy atom. The first-order valence-corrected chi connectivity index (χ1v) is 8.02. The zero-order valence-corrected chi connectivity index (χ0v) is 13.3. The zero-order valence-electron chi connectivity index (χ0n) is 13.3. The van der Waals surface area contributed by atoms with Gasteiger partial charge in [-0.05, 0) is 17.4 Å². The van der Waals surface area contributed by atoms with Gasteiger partial charge in [0.15, 0.2) is 0 Å². The van der Waals surface area contributed by atoms with Crippen molar-refractivity contribution in [1.82, 2.24) is 5.32 Å². The Morgan fingerprint density at radius 3 is 2.00 bits per heavy atom. The van der Waals surface area contributed by atoms with Crippen molar-refractivity contribution in [2.24, 2.45) is 0 Å². The maximum atomic E-state index is 10.2. The first-order valence-electron chi connectivity index (χ1n) is 8.02. The summed E-state index contributed by atoms with van der Waals surface area (Å²) >= 11 is 0. The van der Waals surface area contributed by atoms with Gasteiger partial charge in [0.05, 0.1) is 6.61 Å². The van der Waals surface area contributed by atoms with Gasteiger partial charge >= 0.3 is 7.12 Å². The molecule has 0 bridgehead atoms. The normalized spacial score (nSPS) is 10.9. The van der Waals surface area contributed by atoms with Gasteiger partial charge in [-0.15, -0.1) is 0 Å². The van der Waals surface area contributed by atoms with Crippen LogP contribution in [0.4, 0.5) is 0 Å². The third kappa shape index (κ3) is 6.16. The third-order valence-electron chi connectivity index (χ3n) is 3.72. The molecule has 23 heavy (non-hydrogen) atoms. The summed E-state index contributed by atoms with van der Waals surface area (Å²) in [6, 6.07) is 20.3. The molecule has 0 saturated heterocycles. The Kier molecular flexibility index (Phi) is 7.83. The molecule has 0 fully saturated rings. The van der Waals surface area contributed by atoms with Crippen LogP contribution in [0.3, 0.4) is 0 Å². The molecule has 0 spiro atoms. The molecule has 0 aromatic heterocycles. The Labute approximate surface area is 138 Å². The van der Waals surface area contributed by atoms with E-state index in [0.717, 1.165) is 0 Å². The van der Waals surface area contributed by atoms with Crippen molar-refractivity contribution in [3.8, 4) is 0 Å². The molecule has 0 aliphatic rings. The Bertz CT molecular complexity index is 499. The van der Waals surface area contributed by atoms with E-state index in [9.17, 15) is 5.02 Å². The van der Waals surface area contributed by atoms with E-state index in [2.05, 4.69) is 29.6 Å².